The summed E-state index contributed by atoms with van der Waals surface area (Å²) >= 11 is 1.87. The maximum Gasteiger partial charge on any atom is 0.231 e. The molecule has 0 saturated carbocycles. The van der Waals surface area contributed by atoms with Gasteiger partial charge in [0, 0.05) is 18.4 Å². The largest absolute Gasteiger partial charge is 0.454 e. The molecule has 2 N–H and O–H groups in total. The summed E-state index contributed by atoms with van der Waals surface area (Å²) in [5.41, 5.74) is 1.24. The molecule has 2 rings (SSSR count). The highest BCUT2D eigenvalue weighted by Gasteiger charge is 2.17. The number of nitrogens with one attached hydrogen (secondary N) is 1. The van der Waals surface area contributed by atoms with Gasteiger partial charge in [0.1, 0.15) is 0 Å². The number of aliphatic hydroxyl groups excluding tert-OH is 1. The van der Waals surface area contributed by atoms with Gasteiger partial charge in [0.25, 0.3) is 0 Å². The fourth-order valence-corrected chi connectivity index (χ4v) is 3.14. The summed E-state index contributed by atoms with van der Waals surface area (Å²) in [6.07, 6.45) is 1.97. The van der Waals surface area contributed by atoms with Crippen molar-refractivity contribution in [2.45, 2.75) is 25.8 Å². The van der Waals surface area contributed by atoms with Crippen LogP contribution in [0.1, 0.15) is 31.4 Å². The van der Waals surface area contributed by atoms with Crippen LogP contribution < -0.4 is 14.8 Å². The van der Waals surface area contributed by atoms with Crippen LogP contribution in [-0.2, 0) is 0 Å². The zero-order chi connectivity index (χ0) is 14.2. The van der Waals surface area contributed by atoms with Gasteiger partial charge in [-0.25, -0.2) is 0 Å². The Labute approximate surface area is 124 Å². The number of hydrogen-bond acceptors (Lipinski definition) is 5. The Morgan fingerprint density at radius 1 is 1.35 bits per heavy atom. The predicted octanol–water partition coefficient (Wildman–Crippen LogP) is 2.57. The Bertz CT molecular complexity index is 414. The molecule has 1 aromatic rings. The number of hydrogen-bond donors (Lipinski definition) is 2. The minimum absolute atomic E-state index is 0.268. The van der Waals surface area contributed by atoms with E-state index in [2.05, 4.69) is 24.4 Å². The highest BCUT2D eigenvalue weighted by Crippen LogP contribution is 2.34. The molecule has 1 aromatic carbocycles. The first-order valence-electron chi connectivity index (χ1n) is 7.16. The summed E-state index contributed by atoms with van der Waals surface area (Å²) in [4.78, 5) is 0. The van der Waals surface area contributed by atoms with Gasteiger partial charge in [-0.05, 0) is 42.8 Å². The van der Waals surface area contributed by atoms with E-state index in [4.69, 9.17) is 14.6 Å². The minimum Gasteiger partial charge on any atom is -0.454 e. The van der Waals surface area contributed by atoms with Gasteiger partial charge in [-0.2, -0.15) is 11.8 Å². The van der Waals surface area contributed by atoms with E-state index >= 15 is 0 Å². The highest BCUT2D eigenvalue weighted by atomic mass is 32.2. The fraction of sp³-hybridized carbons (Fsp3) is 0.600. The van der Waals surface area contributed by atoms with Gasteiger partial charge < -0.3 is 19.9 Å². The Kier molecular flexibility index (Phi) is 6.50. The van der Waals surface area contributed by atoms with Crippen LogP contribution in [0.3, 0.4) is 0 Å². The molecule has 0 fully saturated rings. The average Bonchev–Trinajstić information content (AvgIpc) is 2.94. The van der Waals surface area contributed by atoms with Gasteiger partial charge in [-0.3, -0.25) is 0 Å². The monoisotopic (exact) mass is 297 g/mol. The first-order chi connectivity index (χ1) is 9.85. The number of rotatable bonds is 9. The van der Waals surface area contributed by atoms with Gasteiger partial charge in [0.05, 0.1) is 0 Å². The van der Waals surface area contributed by atoms with Crippen molar-refractivity contribution in [1.29, 1.82) is 0 Å². The molecule has 0 saturated heterocycles. The lowest BCUT2D eigenvalue weighted by atomic mass is 10.1. The van der Waals surface area contributed by atoms with E-state index in [1.807, 2.05) is 17.8 Å². The molecule has 0 aromatic heterocycles. The van der Waals surface area contributed by atoms with E-state index in [1.165, 1.54) is 5.56 Å². The molecule has 1 aliphatic rings. The molecular formula is C15H23NO3S. The molecule has 1 aliphatic heterocycles. The van der Waals surface area contributed by atoms with Crippen LogP contribution in [0, 0.1) is 0 Å². The molecule has 1 unspecified atom stereocenters. The van der Waals surface area contributed by atoms with E-state index in [0.717, 1.165) is 42.4 Å². The van der Waals surface area contributed by atoms with Crippen molar-refractivity contribution in [3.8, 4) is 11.5 Å². The van der Waals surface area contributed by atoms with Crippen LogP contribution in [0.15, 0.2) is 18.2 Å². The van der Waals surface area contributed by atoms with Crippen LogP contribution in [-0.4, -0.2) is 36.6 Å². The third-order valence-electron chi connectivity index (χ3n) is 3.17. The number of ether oxygens (including phenoxy) is 2. The minimum atomic E-state index is 0.268. The third-order valence-corrected chi connectivity index (χ3v) is 4.32. The van der Waals surface area contributed by atoms with Gasteiger partial charge in [-0.1, -0.05) is 13.0 Å². The van der Waals surface area contributed by atoms with Gasteiger partial charge in [-0.15, -0.1) is 0 Å². The summed E-state index contributed by atoms with van der Waals surface area (Å²) in [5.74, 6) is 3.66. The SMILES string of the molecule is CCCNC(CSCCCO)c1ccc2c(c1)OCO2. The average molecular weight is 297 g/mol. The summed E-state index contributed by atoms with van der Waals surface area (Å²) in [5, 5.41) is 12.4. The lowest BCUT2D eigenvalue weighted by Crippen LogP contribution is -2.24. The quantitative estimate of drug-likeness (QED) is 0.686. The zero-order valence-corrected chi connectivity index (χ0v) is 12.7. The maximum absolute atomic E-state index is 8.84. The highest BCUT2D eigenvalue weighted by molar-refractivity contribution is 7.99. The van der Waals surface area contributed by atoms with Crippen LogP contribution >= 0.6 is 11.8 Å². The first kappa shape index (κ1) is 15.5. The molecule has 1 atom stereocenters. The fourth-order valence-electron chi connectivity index (χ4n) is 2.09. The van der Waals surface area contributed by atoms with Crippen molar-refractivity contribution in [3.05, 3.63) is 23.8 Å². The molecule has 5 heteroatoms. The van der Waals surface area contributed by atoms with E-state index in [-0.39, 0.29) is 6.61 Å². The molecule has 0 aliphatic carbocycles. The molecular weight excluding hydrogens is 274 g/mol. The Morgan fingerprint density at radius 2 is 2.20 bits per heavy atom. The number of benzene rings is 1. The summed E-state index contributed by atoms with van der Waals surface area (Å²) in [6, 6.07) is 6.47. The Morgan fingerprint density at radius 3 is 3.00 bits per heavy atom. The van der Waals surface area contributed by atoms with Gasteiger partial charge in [0.2, 0.25) is 6.79 Å². The van der Waals surface area contributed by atoms with Crippen LogP contribution in [0.4, 0.5) is 0 Å². The topological polar surface area (TPSA) is 50.7 Å². The van der Waals surface area contributed by atoms with Crippen LogP contribution in [0.25, 0.3) is 0 Å². The number of fused-ring (bicyclic) bond motifs is 1. The summed E-state index contributed by atoms with van der Waals surface area (Å²) < 4.78 is 10.8. The van der Waals surface area contributed by atoms with E-state index < -0.39 is 0 Å². The lowest BCUT2D eigenvalue weighted by Gasteiger charge is -2.19. The van der Waals surface area contributed by atoms with Crippen LogP contribution in [0.2, 0.25) is 0 Å². The second-order valence-corrected chi connectivity index (χ2v) is 5.92. The molecule has 112 valence electrons. The first-order valence-corrected chi connectivity index (χ1v) is 8.32. The Balaban J connectivity index is 1.97. The molecule has 0 bridgehead atoms. The standard InChI is InChI=1S/C15H23NO3S/c1-2-6-16-13(10-20-8-3-7-17)12-4-5-14-15(9-12)19-11-18-14/h4-5,9,13,16-17H,2-3,6-8,10-11H2,1H3. The van der Waals surface area contributed by atoms with Crippen molar-refractivity contribution >= 4 is 11.8 Å². The number of thioether (sulfide) groups is 1. The van der Waals surface area contributed by atoms with E-state index in [0.29, 0.717) is 12.8 Å². The van der Waals surface area contributed by atoms with Crippen LogP contribution in [0.5, 0.6) is 11.5 Å². The maximum atomic E-state index is 8.84. The lowest BCUT2D eigenvalue weighted by molar-refractivity contribution is 0.174. The van der Waals surface area contributed by atoms with Gasteiger partial charge >= 0.3 is 0 Å². The summed E-state index contributed by atoms with van der Waals surface area (Å²) in [7, 11) is 0. The number of aliphatic hydroxyl groups is 1. The van der Waals surface area contributed by atoms with Crippen molar-refractivity contribution in [2.24, 2.45) is 0 Å². The molecule has 0 radical (unpaired) electrons. The molecule has 4 nitrogen and oxygen atoms in total. The van der Waals surface area contributed by atoms with Gasteiger partial charge in [0.15, 0.2) is 11.5 Å². The Hall–Kier alpha value is -0.910. The van der Waals surface area contributed by atoms with E-state index in [1.54, 1.807) is 0 Å². The predicted molar refractivity (Wildman–Crippen MR) is 82.6 cm³/mol. The molecule has 20 heavy (non-hydrogen) atoms. The second-order valence-electron chi connectivity index (χ2n) is 4.77. The van der Waals surface area contributed by atoms with Crippen molar-refractivity contribution in [1.82, 2.24) is 5.32 Å². The normalized spacial score (nSPS) is 14.5. The molecule has 1 heterocycles. The van der Waals surface area contributed by atoms with Crippen molar-refractivity contribution < 1.29 is 14.6 Å². The summed E-state index contributed by atoms with van der Waals surface area (Å²) in [6.45, 7) is 3.75. The third kappa shape index (κ3) is 4.30. The molecule has 0 spiro atoms. The zero-order valence-electron chi connectivity index (χ0n) is 11.9. The van der Waals surface area contributed by atoms with Crippen molar-refractivity contribution in [2.75, 3.05) is 31.5 Å². The molecule has 0 amide bonds. The van der Waals surface area contributed by atoms with Crippen molar-refractivity contribution in [3.63, 3.8) is 0 Å². The smallest absolute Gasteiger partial charge is 0.231 e. The van der Waals surface area contributed by atoms with E-state index in [9.17, 15) is 0 Å². The second kappa shape index (κ2) is 8.39.